The van der Waals surface area contributed by atoms with E-state index in [2.05, 4.69) is 20.8 Å². The Kier molecular flexibility index (Phi) is 7.29. The smallest absolute Gasteiger partial charge is 0.0700 e. The minimum atomic E-state index is 0.434. The number of hydrogen-bond acceptors (Lipinski definition) is 2. The molecule has 0 saturated carbocycles. The van der Waals surface area contributed by atoms with Crippen molar-refractivity contribution in [3.63, 3.8) is 0 Å². The Morgan fingerprint density at radius 3 is 2.08 bits per heavy atom. The molecule has 0 aliphatic carbocycles. The van der Waals surface area contributed by atoms with Gasteiger partial charge in [-0.1, -0.05) is 20.8 Å². The molecule has 0 amide bonds. The van der Waals surface area contributed by atoms with Crippen LogP contribution in [0.25, 0.3) is 0 Å². The summed E-state index contributed by atoms with van der Waals surface area (Å²) in [7, 11) is 0. The van der Waals surface area contributed by atoms with Gasteiger partial charge < -0.3 is 9.47 Å². The van der Waals surface area contributed by atoms with Crippen LogP contribution in [0.4, 0.5) is 0 Å². The molecular weight excluding hydrogens is 164 g/mol. The highest BCUT2D eigenvalue weighted by Crippen LogP contribution is 2.20. The van der Waals surface area contributed by atoms with E-state index in [1.165, 1.54) is 6.42 Å². The van der Waals surface area contributed by atoms with Gasteiger partial charge in [-0.2, -0.15) is 0 Å². The second kappa shape index (κ2) is 7.34. The first-order valence-electron chi connectivity index (χ1n) is 5.22. The molecule has 0 atom stereocenters. The Balaban J connectivity index is 3.00. The highest BCUT2D eigenvalue weighted by atomic mass is 16.5. The standard InChI is InChI=1S/C11H24O2/c1-5-12-9-10-13-8-6-7-11(2,3)4/h5-10H2,1-4H3. The maximum Gasteiger partial charge on any atom is 0.0700 e. The summed E-state index contributed by atoms with van der Waals surface area (Å²) in [6.45, 7) is 11.9. The van der Waals surface area contributed by atoms with Crippen molar-refractivity contribution in [3.8, 4) is 0 Å². The van der Waals surface area contributed by atoms with Crippen molar-refractivity contribution in [3.05, 3.63) is 0 Å². The molecule has 0 aliphatic heterocycles. The molecule has 2 nitrogen and oxygen atoms in total. The van der Waals surface area contributed by atoms with Crippen molar-refractivity contribution in [1.82, 2.24) is 0 Å². The molecule has 0 unspecified atom stereocenters. The van der Waals surface area contributed by atoms with Crippen LogP contribution >= 0.6 is 0 Å². The van der Waals surface area contributed by atoms with Gasteiger partial charge in [-0.25, -0.2) is 0 Å². The summed E-state index contributed by atoms with van der Waals surface area (Å²) in [5.74, 6) is 0. The normalized spacial score (nSPS) is 12.0. The van der Waals surface area contributed by atoms with Gasteiger partial charge in [0, 0.05) is 13.2 Å². The molecule has 0 aromatic rings. The second-order valence-corrected chi connectivity index (χ2v) is 4.47. The largest absolute Gasteiger partial charge is 0.379 e. The zero-order chi connectivity index (χ0) is 10.2. The third kappa shape index (κ3) is 11.9. The van der Waals surface area contributed by atoms with Crippen LogP contribution in [0, 0.1) is 5.41 Å². The summed E-state index contributed by atoms with van der Waals surface area (Å²) in [6, 6.07) is 0. The van der Waals surface area contributed by atoms with Crippen LogP contribution in [-0.4, -0.2) is 26.4 Å². The molecule has 0 aliphatic rings. The Morgan fingerprint density at radius 2 is 1.54 bits per heavy atom. The molecular formula is C11H24O2. The average Bonchev–Trinajstić information content (AvgIpc) is 2.01. The van der Waals surface area contributed by atoms with E-state index in [-0.39, 0.29) is 0 Å². The van der Waals surface area contributed by atoms with Crippen LogP contribution < -0.4 is 0 Å². The molecule has 0 spiro atoms. The fraction of sp³-hybridized carbons (Fsp3) is 1.00. The summed E-state index contributed by atoms with van der Waals surface area (Å²) >= 11 is 0. The van der Waals surface area contributed by atoms with Gasteiger partial charge in [-0.15, -0.1) is 0 Å². The lowest BCUT2D eigenvalue weighted by atomic mass is 9.91. The van der Waals surface area contributed by atoms with E-state index in [1.807, 2.05) is 6.92 Å². The summed E-state index contributed by atoms with van der Waals surface area (Å²) in [6.07, 6.45) is 2.37. The fourth-order valence-electron chi connectivity index (χ4n) is 1.07. The van der Waals surface area contributed by atoms with E-state index < -0.39 is 0 Å². The summed E-state index contributed by atoms with van der Waals surface area (Å²) in [5, 5.41) is 0. The first-order valence-corrected chi connectivity index (χ1v) is 5.22. The van der Waals surface area contributed by atoms with E-state index in [9.17, 15) is 0 Å². The molecule has 0 aromatic carbocycles. The fourth-order valence-corrected chi connectivity index (χ4v) is 1.07. The summed E-state index contributed by atoms with van der Waals surface area (Å²) in [4.78, 5) is 0. The van der Waals surface area contributed by atoms with Gasteiger partial charge in [0.1, 0.15) is 0 Å². The maximum atomic E-state index is 5.41. The predicted molar refractivity (Wildman–Crippen MR) is 56.0 cm³/mol. The second-order valence-electron chi connectivity index (χ2n) is 4.47. The van der Waals surface area contributed by atoms with Gasteiger partial charge in [0.15, 0.2) is 0 Å². The molecule has 0 bridgehead atoms. The third-order valence-corrected chi connectivity index (χ3v) is 1.79. The van der Waals surface area contributed by atoms with E-state index in [1.54, 1.807) is 0 Å². The maximum absolute atomic E-state index is 5.41. The SMILES string of the molecule is CCOCCOCCCC(C)(C)C. The van der Waals surface area contributed by atoms with Crippen LogP contribution in [0.1, 0.15) is 40.5 Å². The van der Waals surface area contributed by atoms with Gasteiger partial charge >= 0.3 is 0 Å². The Hall–Kier alpha value is -0.0800. The van der Waals surface area contributed by atoms with Crippen LogP contribution in [-0.2, 0) is 9.47 Å². The van der Waals surface area contributed by atoms with Crippen molar-refractivity contribution in [2.24, 2.45) is 5.41 Å². The summed E-state index contributed by atoms with van der Waals surface area (Å²) in [5.41, 5.74) is 0.434. The average molecular weight is 188 g/mol. The lowest BCUT2D eigenvalue weighted by Gasteiger charge is -2.17. The van der Waals surface area contributed by atoms with E-state index in [0.717, 1.165) is 32.8 Å². The lowest BCUT2D eigenvalue weighted by molar-refractivity contribution is 0.0490. The zero-order valence-electron chi connectivity index (χ0n) is 9.56. The van der Waals surface area contributed by atoms with Crippen molar-refractivity contribution in [2.45, 2.75) is 40.5 Å². The first-order chi connectivity index (χ1) is 6.06. The third-order valence-electron chi connectivity index (χ3n) is 1.79. The van der Waals surface area contributed by atoms with Crippen LogP contribution in [0.3, 0.4) is 0 Å². The van der Waals surface area contributed by atoms with Crippen LogP contribution in [0.15, 0.2) is 0 Å². The highest BCUT2D eigenvalue weighted by molar-refractivity contribution is 4.60. The van der Waals surface area contributed by atoms with Gasteiger partial charge in [0.2, 0.25) is 0 Å². The molecule has 0 aromatic heterocycles. The minimum Gasteiger partial charge on any atom is -0.379 e. The molecule has 0 radical (unpaired) electrons. The summed E-state index contributed by atoms with van der Waals surface area (Å²) < 4.78 is 10.6. The molecule has 0 saturated heterocycles. The van der Waals surface area contributed by atoms with Crippen molar-refractivity contribution >= 4 is 0 Å². The van der Waals surface area contributed by atoms with E-state index >= 15 is 0 Å². The van der Waals surface area contributed by atoms with Crippen molar-refractivity contribution in [2.75, 3.05) is 26.4 Å². The van der Waals surface area contributed by atoms with Crippen LogP contribution in [0.5, 0.6) is 0 Å². The van der Waals surface area contributed by atoms with Crippen molar-refractivity contribution in [1.29, 1.82) is 0 Å². The van der Waals surface area contributed by atoms with E-state index in [4.69, 9.17) is 9.47 Å². The molecule has 0 N–H and O–H groups in total. The number of ether oxygens (including phenoxy) is 2. The predicted octanol–water partition coefficient (Wildman–Crippen LogP) is 2.87. The van der Waals surface area contributed by atoms with Crippen molar-refractivity contribution < 1.29 is 9.47 Å². The number of rotatable bonds is 7. The molecule has 13 heavy (non-hydrogen) atoms. The first kappa shape index (κ1) is 12.9. The molecule has 2 heteroatoms. The quantitative estimate of drug-likeness (QED) is 0.572. The Labute approximate surface area is 82.6 Å². The van der Waals surface area contributed by atoms with Crippen LogP contribution in [0.2, 0.25) is 0 Å². The molecule has 0 rings (SSSR count). The molecule has 0 heterocycles. The van der Waals surface area contributed by atoms with Gasteiger partial charge in [-0.05, 0) is 25.2 Å². The Morgan fingerprint density at radius 1 is 0.923 bits per heavy atom. The zero-order valence-corrected chi connectivity index (χ0v) is 9.56. The topological polar surface area (TPSA) is 18.5 Å². The van der Waals surface area contributed by atoms with Gasteiger partial charge in [0.05, 0.1) is 13.2 Å². The lowest BCUT2D eigenvalue weighted by Crippen LogP contribution is -2.09. The number of hydrogen-bond donors (Lipinski definition) is 0. The van der Waals surface area contributed by atoms with E-state index in [0.29, 0.717) is 5.41 Å². The van der Waals surface area contributed by atoms with Gasteiger partial charge in [-0.3, -0.25) is 0 Å². The highest BCUT2D eigenvalue weighted by Gasteiger charge is 2.08. The monoisotopic (exact) mass is 188 g/mol. The van der Waals surface area contributed by atoms with Gasteiger partial charge in [0.25, 0.3) is 0 Å². The minimum absolute atomic E-state index is 0.434. The molecule has 80 valence electrons. The Bertz CT molecular complexity index is 105. The molecule has 0 fully saturated rings.